The standard InChI is InChI=1S/C47H76O18/c1-21(2)14-22-15-45(7,57)38-23-8-9-28-43(5)12-11-29(42(3,4)27(43)10-13-44(28,6)46(23)19-47(38,65-22)58-20-46)62-41-37(64-39-34(55)31(52)25(17-49)60-39)36(32(53)26(18-50)61-41)63-40-35(56)33(54)30(51)24(16-48)59-40/h14,22-41,48-57H,8-13,15-20H2,1-7H3/t22-,23+,24+,25-,26+,27-,28+,29-,30+,31-,32+,33-,34+,35+,36-,37+,38?,39?,40?,41?,43-,44+,45?,46-,47-/m0/s1. The summed E-state index contributed by atoms with van der Waals surface area (Å²) in [4.78, 5) is 0. The van der Waals surface area contributed by atoms with E-state index in [2.05, 4.69) is 47.6 Å². The van der Waals surface area contributed by atoms with Crippen molar-refractivity contribution in [3.8, 4) is 0 Å². The highest BCUT2D eigenvalue weighted by atomic mass is 16.8. The summed E-state index contributed by atoms with van der Waals surface area (Å²) in [6.45, 7) is 13.9. The van der Waals surface area contributed by atoms with Crippen LogP contribution in [-0.4, -0.2) is 187 Å². The molecule has 25 atom stereocenters. The minimum absolute atomic E-state index is 0.0960. The minimum atomic E-state index is -1.86. The number of hydrogen-bond donors (Lipinski definition) is 10. The van der Waals surface area contributed by atoms with Gasteiger partial charge in [0.1, 0.15) is 67.1 Å². The van der Waals surface area contributed by atoms with E-state index in [4.69, 9.17) is 37.9 Å². The van der Waals surface area contributed by atoms with Gasteiger partial charge in [0.05, 0.1) is 44.2 Å². The molecule has 9 fully saturated rings. The first-order valence-electron chi connectivity index (χ1n) is 24.1. The number of aliphatic hydroxyl groups excluding tert-OH is 9. The summed E-state index contributed by atoms with van der Waals surface area (Å²) in [5, 5.41) is 108. The lowest BCUT2D eigenvalue weighted by molar-refractivity contribution is -0.387. The predicted octanol–water partition coefficient (Wildman–Crippen LogP) is -0.0333. The van der Waals surface area contributed by atoms with Crippen LogP contribution in [0.3, 0.4) is 0 Å². The van der Waals surface area contributed by atoms with Crippen LogP contribution in [0.1, 0.15) is 99.8 Å². The molecular weight excluding hydrogens is 852 g/mol. The lowest BCUT2D eigenvalue weighted by Gasteiger charge is -2.70. The van der Waals surface area contributed by atoms with E-state index >= 15 is 0 Å². The number of ether oxygens (including phenoxy) is 8. The van der Waals surface area contributed by atoms with Crippen molar-refractivity contribution in [2.75, 3.05) is 26.4 Å². The highest BCUT2D eigenvalue weighted by Gasteiger charge is 2.81. The first-order valence-corrected chi connectivity index (χ1v) is 24.1. The molecule has 0 aromatic heterocycles. The third-order valence-electron chi connectivity index (χ3n) is 18.8. The van der Waals surface area contributed by atoms with Crippen molar-refractivity contribution in [3.63, 3.8) is 0 Å². The van der Waals surface area contributed by atoms with Gasteiger partial charge in [-0.2, -0.15) is 0 Å². The molecule has 10 N–H and O–H groups in total. The van der Waals surface area contributed by atoms with E-state index in [0.29, 0.717) is 25.4 Å². The van der Waals surface area contributed by atoms with Crippen LogP contribution < -0.4 is 0 Å². The van der Waals surface area contributed by atoms with E-state index in [0.717, 1.165) is 44.1 Å². The predicted molar refractivity (Wildman–Crippen MR) is 225 cm³/mol. The van der Waals surface area contributed by atoms with Crippen LogP contribution in [0.15, 0.2) is 11.6 Å². The molecule has 65 heavy (non-hydrogen) atoms. The Kier molecular flexibility index (Phi) is 12.9. The zero-order chi connectivity index (χ0) is 47.0. The van der Waals surface area contributed by atoms with Gasteiger partial charge in [-0.1, -0.05) is 39.3 Å². The Morgan fingerprint density at radius 3 is 1.86 bits per heavy atom. The number of allylic oxidation sites excluding steroid dienone is 1. The molecule has 4 aliphatic carbocycles. The lowest BCUT2D eigenvalue weighted by atomic mass is 9.35. The summed E-state index contributed by atoms with van der Waals surface area (Å²) in [5.41, 5.74) is -0.668. The van der Waals surface area contributed by atoms with Crippen LogP contribution in [0.2, 0.25) is 0 Å². The van der Waals surface area contributed by atoms with Gasteiger partial charge in [0.15, 0.2) is 24.7 Å². The highest BCUT2D eigenvalue weighted by molar-refractivity contribution is 5.26. The van der Waals surface area contributed by atoms with Crippen LogP contribution in [0.5, 0.6) is 0 Å². The molecule has 4 saturated carbocycles. The molecule has 5 unspecified atom stereocenters. The van der Waals surface area contributed by atoms with E-state index in [1.165, 1.54) is 0 Å². The van der Waals surface area contributed by atoms with Gasteiger partial charge in [0, 0.05) is 24.2 Å². The summed E-state index contributed by atoms with van der Waals surface area (Å²) < 4.78 is 50.9. The van der Waals surface area contributed by atoms with E-state index in [-0.39, 0.29) is 40.1 Å². The van der Waals surface area contributed by atoms with Crippen LogP contribution in [0.25, 0.3) is 0 Å². The molecule has 18 heteroatoms. The third-order valence-corrected chi connectivity index (χ3v) is 18.8. The Bertz CT molecular complexity index is 1760. The van der Waals surface area contributed by atoms with Crippen LogP contribution in [-0.2, 0) is 37.9 Å². The Morgan fingerprint density at radius 2 is 1.23 bits per heavy atom. The quantitative estimate of drug-likeness (QED) is 0.102. The highest BCUT2D eigenvalue weighted by Crippen LogP contribution is 2.80. The molecule has 0 aromatic carbocycles. The Balaban J connectivity index is 0.991. The van der Waals surface area contributed by atoms with Gasteiger partial charge in [0.2, 0.25) is 0 Å². The van der Waals surface area contributed by atoms with Crippen molar-refractivity contribution in [1.29, 1.82) is 0 Å². The number of rotatable bonds is 10. The monoisotopic (exact) mass is 929 g/mol. The first kappa shape index (κ1) is 49.0. The summed E-state index contributed by atoms with van der Waals surface area (Å²) in [6, 6.07) is 0. The van der Waals surface area contributed by atoms with Gasteiger partial charge in [-0.3, -0.25) is 0 Å². The summed E-state index contributed by atoms with van der Waals surface area (Å²) in [6.07, 6.45) is -14.0. The molecule has 0 radical (unpaired) electrons. The molecule has 9 aliphatic rings. The zero-order valence-electron chi connectivity index (χ0n) is 38.8. The molecule has 0 amide bonds. The Hall–Kier alpha value is -0.980. The minimum Gasteiger partial charge on any atom is -0.394 e. The SMILES string of the molecule is CC(C)=C[C@H]1CC(C)(O)C2[C@H]3CC[C@@H]4[C@@]5(C)CC[C@H](OC6O[C@H](CO)[C@@H](O)[C@H](OC7O[C@H](CO)[C@@H](O)[C@H](O)[C@H]7O)[C@H]6OC6O[C@@H](CO)[C@H](O)[C@H]6O)C(C)(C)[C@@H]5CC[C@@]4(C)[C@@]34CO[C@@]2(C4)O1. The van der Waals surface area contributed by atoms with Crippen LogP contribution >= 0.6 is 0 Å². The lowest BCUT2D eigenvalue weighted by Crippen LogP contribution is -2.68. The van der Waals surface area contributed by atoms with E-state index in [1.807, 2.05) is 6.92 Å². The summed E-state index contributed by atoms with van der Waals surface area (Å²) >= 11 is 0. The van der Waals surface area contributed by atoms with Gasteiger partial charge in [0.25, 0.3) is 0 Å². The maximum atomic E-state index is 12.2. The maximum absolute atomic E-state index is 12.2. The zero-order valence-corrected chi connectivity index (χ0v) is 38.8. The van der Waals surface area contributed by atoms with Gasteiger partial charge in [-0.15, -0.1) is 0 Å². The van der Waals surface area contributed by atoms with Gasteiger partial charge >= 0.3 is 0 Å². The van der Waals surface area contributed by atoms with Gasteiger partial charge in [-0.25, -0.2) is 0 Å². The molecule has 5 saturated heterocycles. The second-order valence-electron chi connectivity index (χ2n) is 22.9. The molecule has 0 aromatic rings. The van der Waals surface area contributed by atoms with Crippen molar-refractivity contribution >= 4 is 0 Å². The molecule has 5 aliphatic heterocycles. The van der Waals surface area contributed by atoms with Crippen molar-refractivity contribution in [2.45, 2.75) is 209 Å². The van der Waals surface area contributed by atoms with Crippen molar-refractivity contribution < 1.29 is 89.0 Å². The molecule has 372 valence electrons. The third kappa shape index (κ3) is 7.40. The maximum Gasteiger partial charge on any atom is 0.187 e. The fourth-order valence-electron chi connectivity index (χ4n) is 15.9. The molecule has 2 spiro atoms. The number of fused-ring (bicyclic) bond motifs is 4. The smallest absolute Gasteiger partial charge is 0.187 e. The Labute approximate surface area is 381 Å². The van der Waals surface area contributed by atoms with Crippen molar-refractivity contribution in [3.05, 3.63) is 11.6 Å². The first-order chi connectivity index (χ1) is 30.5. The second-order valence-corrected chi connectivity index (χ2v) is 22.9. The molecule has 9 rings (SSSR count). The van der Waals surface area contributed by atoms with Crippen LogP contribution in [0, 0.1) is 45.3 Å². The normalized spacial score (nSPS) is 56.9. The number of aliphatic hydroxyl groups is 10. The van der Waals surface area contributed by atoms with E-state index in [1.54, 1.807) is 0 Å². The summed E-state index contributed by atoms with van der Waals surface area (Å²) in [7, 11) is 0. The number of hydrogen-bond acceptors (Lipinski definition) is 18. The van der Waals surface area contributed by atoms with Crippen LogP contribution in [0.4, 0.5) is 0 Å². The molecular formula is C47H76O18. The fourth-order valence-corrected chi connectivity index (χ4v) is 15.9. The molecule has 18 nitrogen and oxygen atoms in total. The van der Waals surface area contributed by atoms with Crippen molar-refractivity contribution in [1.82, 2.24) is 0 Å². The fraction of sp³-hybridized carbons (Fsp3) is 0.957. The van der Waals surface area contributed by atoms with Crippen molar-refractivity contribution in [2.24, 2.45) is 45.3 Å². The Morgan fingerprint density at radius 1 is 0.646 bits per heavy atom. The van der Waals surface area contributed by atoms with Gasteiger partial charge in [-0.05, 0) is 93.3 Å². The largest absolute Gasteiger partial charge is 0.394 e. The topological polar surface area (TPSA) is 276 Å². The van der Waals surface area contributed by atoms with E-state index in [9.17, 15) is 51.1 Å². The average molecular weight is 929 g/mol. The van der Waals surface area contributed by atoms with E-state index < -0.39 is 129 Å². The molecule has 2 bridgehead atoms. The second kappa shape index (κ2) is 17.1. The summed E-state index contributed by atoms with van der Waals surface area (Å²) in [5.74, 6) is -0.184. The molecule has 5 heterocycles. The average Bonchev–Trinajstić information content (AvgIpc) is 3.86. The van der Waals surface area contributed by atoms with Gasteiger partial charge < -0.3 is 89.0 Å².